The second-order valence-corrected chi connectivity index (χ2v) is 9.25. The molecule has 0 spiro atoms. The second-order valence-electron chi connectivity index (χ2n) is 9.25. The van der Waals surface area contributed by atoms with Crippen LogP contribution in [0, 0.1) is 5.92 Å². The van der Waals surface area contributed by atoms with E-state index in [4.69, 9.17) is 9.47 Å². The van der Waals surface area contributed by atoms with Crippen LogP contribution < -0.4 is 14.8 Å². The van der Waals surface area contributed by atoms with Gasteiger partial charge in [0.25, 0.3) is 0 Å². The topological polar surface area (TPSA) is 50.9 Å². The van der Waals surface area contributed by atoms with E-state index >= 15 is 0 Å². The highest BCUT2D eigenvalue weighted by molar-refractivity contribution is 5.86. The zero-order valence-corrected chi connectivity index (χ0v) is 19.7. The highest BCUT2D eigenvalue weighted by atomic mass is 16.5. The Kier molecular flexibility index (Phi) is 6.10. The van der Waals surface area contributed by atoms with Crippen LogP contribution in [0.2, 0.25) is 0 Å². The Morgan fingerprint density at radius 3 is 2.48 bits per heavy atom. The molecule has 2 heterocycles. The predicted molar refractivity (Wildman–Crippen MR) is 133 cm³/mol. The van der Waals surface area contributed by atoms with Gasteiger partial charge in [0.2, 0.25) is 0 Å². The molecule has 3 aromatic carbocycles. The number of para-hydroxylation sites is 1. The minimum atomic E-state index is 0.186. The number of quaternary nitrogens is 1. The van der Waals surface area contributed by atoms with Crippen molar-refractivity contribution in [2.45, 2.75) is 32.7 Å². The zero-order chi connectivity index (χ0) is 22.8. The van der Waals surface area contributed by atoms with E-state index in [2.05, 4.69) is 96.9 Å². The number of fused-ring (bicyclic) bond motifs is 3. The number of hydrogen-bond donors (Lipinski definition) is 2. The Balaban J connectivity index is 1.58. The first kappa shape index (κ1) is 21.6. The van der Waals surface area contributed by atoms with Gasteiger partial charge in [0.05, 0.1) is 31.4 Å². The monoisotopic (exact) mass is 441 g/mol. The summed E-state index contributed by atoms with van der Waals surface area (Å²) in [5, 5.41) is 3.77. The van der Waals surface area contributed by atoms with Crippen molar-refractivity contribution >= 4 is 10.9 Å². The maximum atomic E-state index is 6.04. The maximum absolute atomic E-state index is 6.04. The van der Waals surface area contributed by atoms with Crippen LogP contribution in [0.15, 0.2) is 72.8 Å². The normalized spacial score (nSPS) is 17.8. The lowest BCUT2D eigenvalue weighted by Crippen LogP contribution is -2.88. The molecular weight excluding hydrogens is 408 g/mol. The van der Waals surface area contributed by atoms with E-state index in [9.17, 15) is 0 Å². The standard InChI is InChI=1S/C29H32N2O2/c1-4-32-26-16-21(14-15-25(26)33-18-19(2)3)28-29-27(22-12-8-9-13-24(22)31-29)23(17-30-28)20-10-6-5-7-11-20/h5-16,19,23,28,30-31H,4,17-18H2,1-3H3/p+1/t23-,28+/m1/s1. The lowest BCUT2D eigenvalue weighted by Gasteiger charge is -2.28. The third-order valence-electron chi connectivity index (χ3n) is 6.44. The number of aromatic amines is 1. The number of hydrogen-bond acceptors (Lipinski definition) is 2. The van der Waals surface area contributed by atoms with E-state index in [1.165, 1.54) is 33.3 Å². The fraction of sp³-hybridized carbons (Fsp3) is 0.310. The summed E-state index contributed by atoms with van der Waals surface area (Å²) in [6, 6.07) is 26.2. The van der Waals surface area contributed by atoms with Gasteiger partial charge in [0, 0.05) is 22.0 Å². The number of ether oxygens (including phenoxy) is 2. The summed E-state index contributed by atoms with van der Waals surface area (Å²) in [5.74, 6) is 2.47. The highest BCUT2D eigenvalue weighted by Gasteiger charge is 2.35. The van der Waals surface area contributed by atoms with Gasteiger partial charge in [0.15, 0.2) is 17.5 Å². The van der Waals surface area contributed by atoms with E-state index in [1.54, 1.807) is 0 Å². The van der Waals surface area contributed by atoms with Gasteiger partial charge in [-0.15, -0.1) is 0 Å². The summed E-state index contributed by atoms with van der Waals surface area (Å²) >= 11 is 0. The Morgan fingerprint density at radius 1 is 0.909 bits per heavy atom. The van der Waals surface area contributed by atoms with Gasteiger partial charge < -0.3 is 19.8 Å². The van der Waals surface area contributed by atoms with Crippen LogP contribution in [0.3, 0.4) is 0 Å². The molecule has 0 saturated heterocycles. The fourth-order valence-electron chi connectivity index (χ4n) is 4.97. The number of nitrogens with one attached hydrogen (secondary N) is 1. The van der Waals surface area contributed by atoms with Gasteiger partial charge >= 0.3 is 0 Å². The van der Waals surface area contributed by atoms with Gasteiger partial charge in [-0.1, -0.05) is 62.4 Å². The fourth-order valence-corrected chi connectivity index (χ4v) is 4.97. The first-order valence-corrected chi connectivity index (χ1v) is 12.0. The molecule has 1 aromatic heterocycles. The molecule has 1 aliphatic rings. The zero-order valence-electron chi connectivity index (χ0n) is 19.7. The summed E-state index contributed by atoms with van der Waals surface area (Å²) in [6.07, 6.45) is 0. The van der Waals surface area contributed by atoms with Crippen molar-refractivity contribution in [2.24, 2.45) is 5.92 Å². The van der Waals surface area contributed by atoms with E-state index in [1.807, 2.05) is 6.92 Å². The molecule has 0 bridgehead atoms. The van der Waals surface area contributed by atoms with Crippen LogP contribution in [-0.2, 0) is 0 Å². The molecule has 2 atom stereocenters. The van der Waals surface area contributed by atoms with Crippen molar-refractivity contribution in [2.75, 3.05) is 19.8 Å². The van der Waals surface area contributed by atoms with Crippen LogP contribution >= 0.6 is 0 Å². The van der Waals surface area contributed by atoms with Crippen LogP contribution in [-0.4, -0.2) is 24.7 Å². The molecule has 5 rings (SSSR count). The minimum Gasteiger partial charge on any atom is -0.490 e. The molecule has 4 aromatic rings. The molecule has 33 heavy (non-hydrogen) atoms. The number of nitrogens with two attached hydrogens (primary N) is 1. The average Bonchev–Trinajstić information content (AvgIpc) is 3.23. The highest BCUT2D eigenvalue weighted by Crippen LogP contribution is 2.40. The van der Waals surface area contributed by atoms with Crippen molar-refractivity contribution in [3.05, 3.63) is 95.2 Å². The van der Waals surface area contributed by atoms with Gasteiger partial charge in [-0.2, -0.15) is 0 Å². The van der Waals surface area contributed by atoms with E-state index in [0.29, 0.717) is 25.0 Å². The van der Waals surface area contributed by atoms with Crippen LogP contribution in [0.5, 0.6) is 11.5 Å². The summed E-state index contributed by atoms with van der Waals surface area (Å²) in [4.78, 5) is 3.77. The maximum Gasteiger partial charge on any atom is 0.161 e. The molecule has 0 amide bonds. The second kappa shape index (κ2) is 9.32. The van der Waals surface area contributed by atoms with E-state index < -0.39 is 0 Å². The summed E-state index contributed by atoms with van der Waals surface area (Å²) in [6.45, 7) is 8.63. The van der Waals surface area contributed by atoms with Crippen molar-refractivity contribution < 1.29 is 14.8 Å². The van der Waals surface area contributed by atoms with Gasteiger partial charge in [-0.3, -0.25) is 0 Å². The third-order valence-corrected chi connectivity index (χ3v) is 6.44. The quantitative estimate of drug-likeness (QED) is 0.403. The lowest BCUT2D eigenvalue weighted by molar-refractivity contribution is -0.692. The van der Waals surface area contributed by atoms with Gasteiger partial charge in [0.1, 0.15) is 0 Å². The summed E-state index contributed by atoms with van der Waals surface area (Å²) < 4.78 is 12.0. The molecule has 3 N–H and O–H groups in total. The Hall–Kier alpha value is -3.24. The van der Waals surface area contributed by atoms with Crippen LogP contribution in [0.4, 0.5) is 0 Å². The molecule has 0 aliphatic carbocycles. The number of benzene rings is 3. The lowest BCUT2D eigenvalue weighted by atomic mass is 9.83. The smallest absolute Gasteiger partial charge is 0.161 e. The van der Waals surface area contributed by atoms with Crippen molar-refractivity contribution in [1.29, 1.82) is 0 Å². The number of rotatable bonds is 7. The Morgan fingerprint density at radius 2 is 1.70 bits per heavy atom. The van der Waals surface area contributed by atoms with E-state index in [0.717, 1.165) is 18.0 Å². The molecule has 0 fully saturated rings. The SMILES string of the molecule is CCOc1cc([C@@H]2[NH2+]C[C@H](c3ccccc3)c3c2[nH]c2ccccc32)ccc1OCC(C)C. The Labute approximate surface area is 195 Å². The van der Waals surface area contributed by atoms with Crippen LogP contribution in [0.25, 0.3) is 10.9 Å². The number of aromatic nitrogens is 1. The molecule has 0 unspecified atom stereocenters. The van der Waals surface area contributed by atoms with Crippen molar-refractivity contribution in [3.8, 4) is 11.5 Å². The molecule has 0 radical (unpaired) electrons. The Bertz CT molecular complexity index is 1230. The van der Waals surface area contributed by atoms with Crippen LogP contribution in [0.1, 0.15) is 55.1 Å². The minimum absolute atomic E-state index is 0.186. The molecule has 170 valence electrons. The molecular formula is C29H33N2O2+. The van der Waals surface area contributed by atoms with Gasteiger partial charge in [-0.05, 0) is 42.7 Å². The van der Waals surface area contributed by atoms with Crippen molar-refractivity contribution in [1.82, 2.24) is 4.98 Å². The molecule has 0 saturated carbocycles. The third kappa shape index (κ3) is 4.23. The molecule has 4 heteroatoms. The summed E-state index contributed by atoms with van der Waals surface area (Å²) in [5.41, 5.74) is 6.50. The molecule has 4 nitrogen and oxygen atoms in total. The van der Waals surface area contributed by atoms with Crippen molar-refractivity contribution in [3.63, 3.8) is 0 Å². The van der Waals surface area contributed by atoms with E-state index in [-0.39, 0.29) is 6.04 Å². The first-order chi connectivity index (χ1) is 16.2. The van der Waals surface area contributed by atoms with Gasteiger partial charge in [-0.25, -0.2) is 0 Å². The average molecular weight is 442 g/mol. The predicted octanol–water partition coefficient (Wildman–Crippen LogP) is 5.40. The molecule has 1 aliphatic heterocycles. The largest absolute Gasteiger partial charge is 0.490 e. The first-order valence-electron chi connectivity index (χ1n) is 12.0. The number of H-pyrrole nitrogens is 1. The summed E-state index contributed by atoms with van der Waals surface area (Å²) in [7, 11) is 0.